The summed E-state index contributed by atoms with van der Waals surface area (Å²) < 4.78 is 0. The molecule has 2 rings (SSSR count). The van der Waals surface area contributed by atoms with E-state index in [1.807, 2.05) is 0 Å². The van der Waals surface area contributed by atoms with E-state index in [1.165, 1.54) is 32.1 Å². The summed E-state index contributed by atoms with van der Waals surface area (Å²) in [6.45, 7) is 6.74. The fourth-order valence-corrected chi connectivity index (χ4v) is 3.38. The van der Waals surface area contributed by atoms with Gasteiger partial charge in [-0.15, -0.1) is 0 Å². The summed E-state index contributed by atoms with van der Waals surface area (Å²) >= 11 is 0. The third-order valence-corrected chi connectivity index (χ3v) is 4.76. The Hall–Kier alpha value is -0.570. The van der Waals surface area contributed by atoms with Gasteiger partial charge >= 0.3 is 0 Å². The van der Waals surface area contributed by atoms with Gasteiger partial charge < -0.3 is 10.6 Å². The number of hydrogen-bond donors (Lipinski definition) is 2. The largest absolute Gasteiger partial charge is 0.351 e. The van der Waals surface area contributed by atoms with Gasteiger partial charge in [0.25, 0.3) is 0 Å². The first-order valence-electron chi connectivity index (χ1n) is 7.55. The zero-order chi connectivity index (χ0) is 13.2. The van der Waals surface area contributed by atoms with E-state index in [9.17, 15) is 4.79 Å². The number of carbonyl (C=O) groups is 1. The first kappa shape index (κ1) is 13.9. The summed E-state index contributed by atoms with van der Waals surface area (Å²) in [5.74, 6) is 0.224. The first-order valence-corrected chi connectivity index (χ1v) is 7.55. The molecule has 0 spiro atoms. The minimum absolute atomic E-state index is 0.0338. The highest BCUT2D eigenvalue weighted by molar-refractivity contribution is 5.82. The molecule has 1 heterocycles. The van der Waals surface area contributed by atoms with Crippen LogP contribution in [-0.4, -0.2) is 24.0 Å². The van der Waals surface area contributed by atoms with Gasteiger partial charge in [-0.25, -0.2) is 0 Å². The summed E-state index contributed by atoms with van der Waals surface area (Å²) in [5.41, 5.74) is 0.258. The van der Waals surface area contributed by atoms with Crippen LogP contribution >= 0.6 is 0 Å². The van der Waals surface area contributed by atoms with Crippen LogP contribution in [0.15, 0.2) is 0 Å². The lowest BCUT2D eigenvalue weighted by Crippen LogP contribution is -2.55. The smallest absolute Gasteiger partial charge is 0.237 e. The van der Waals surface area contributed by atoms with Gasteiger partial charge in [-0.05, 0) is 44.4 Å². The van der Waals surface area contributed by atoms with Crippen LogP contribution < -0.4 is 10.6 Å². The van der Waals surface area contributed by atoms with E-state index in [4.69, 9.17) is 0 Å². The molecule has 0 aromatic heterocycles. The van der Waals surface area contributed by atoms with Crippen LogP contribution in [0.3, 0.4) is 0 Å². The molecule has 2 fully saturated rings. The van der Waals surface area contributed by atoms with Crippen LogP contribution in [0.4, 0.5) is 0 Å². The third kappa shape index (κ3) is 3.25. The molecule has 0 bridgehead atoms. The van der Waals surface area contributed by atoms with Crippen molar-refractivity contribution in [2.45, 2.75) is 83.8 Å². The van der Waals surface area contributed by atoms with Crippen LogP contribution in [0.5, 0.6) is 0 Å². The Bertz CT molecular complexity index is 301. The Balaban J connectivity index is 1.89. The lowest BCUT2D eigenvalue weighted by atomic mass is 9.73. The summed E-state index contributed by atoms with van der Waals surface area (Å²) in [5, 5.41) is 6.72. The number of rotatable bonds is 2. The Morgan fingerprint density at radius 2 is 1.94 bits per heavy atom. The van der Waals surface area contributed by atoms with Crippen molar-refractivity contribution in [3.8, 4) is 0 Å². The fraction of sp³-hybridized carbons (Fsp3) is 0.933. The molecule has 104 valence electrons. The van der Waals surface area contributed by atoms with Gasteiger partial charge in [-0.1, -0.05) is 26.7 Å². The van der Waals surface area contributed by atoms with Gasteiger partial charge in [0.05, 0.1) is 6.04 Å². The second-order valence-electron chi connectivity index (χ2n) is 6.85. The quantitative estimate of drug-likeness (QED) is 0.793. The Morgan fingerprint density at radius 3 is 2.61 bits per heavy atom. The summed E-state index contributed by atoms with van der Waals surface area (Å²) in [6.07, 6.45) is 8.27. The Labute approximate surface area is 111 Å². The SMILES string of the molecule is CC1CCCC(C(=O)NC2CCCCC2(C)C)N1. The maximum atomic E-state index is 12.3. The molecule has 2 aliphatic rings. The second-order valence-corrected chi connectivity index (χ2v) is 6.85. The molecule has 3 nitrogen and oxygen atoms in total. The number of amides is 1. The molecule has 1 aliphatic heterocycles. The van der Waals surface area contributed by atoms with Gasteiger partial charge in [0, 0.05) is 12.1 Å². The van der Waals surface area contributed by atoms with E-state index in [0.717, 1.165) is 12.8 Å². The van der Waals surface area contributed by atoms with Crippen molar-refractivity contribution in [1.82, 2.24) is 10.6 Å². The molecule has 1 saturated carbocycles. The van der Waals surface area contributed by atoms with Crippen molar-refractivity contribution in [2.24, 2.45) is 5.41 Å². The zero-order valence-corrected chi connectivity index (χ0v) is 12.1. The number of piperidine rings is 1. The van der Waals surface area contributed by atoms with E-state index in [0.29, 0.717) is 12.1 Å². The summed E-state index contributed by atoms with van der Waals surface area (Å²) in [7, 11) is 0. The van der Waals surface area contributed by atoms with Crippen LogP contribution in [0.1, 0.15) is 65.7 Å². The second kappa shape index (κ2) is 5.60. The molecule has 0 aromatic carbocycles. The van der Waals surface area contributed by atoms with E-state index in [2.05, 4.69) is 31.4 Å². The van der Waals surface area contributed by atoms with Crippen molar-refractivity contribution < 1.29 is 4.79 Å². The normalized spacial score (nSPS) is 36.1. The monoisotopic (exact) mass is 252 g/mol. The number of nitrogens with one attached hydrogen (secondary N) is 2. The maximum absolute atomic E-state index is 12.3. The van der Waals surface area contributed by atoms with Gasteiger partial charge in [0.15, 0.2) is 0 Å². The average molecular weight is 252 g/mol. The minimum Gasteiger partial charge on any atom is -0.351 e. The van der Waals surface area contributed by atoms with Crippen LogP contribution in [0, 0.1) is 5.41 Å². The molecule has 1 saturated heterocycles. The van der Waals surface area contributed by atoms with E-state index in [1.54, 1.807) is 0 Å². The minimum atomic E-state index is 0.0338. The predicted octanol–water partition coefficient (Wildman–Crippen LogP) is 2.60. The van der Waals surface area contributed by atoms with Crippen molar-refractivity contribution >= 4 is 5.91 Å². The van der Waals surface area contributed by atoms with Gasteiger partial charge in [0.2, 0.25) is 5.91 Å². The molecule has 2 N–H and O–H groups in total. The molecule has 0 aromatic rings. The average Bonchev–Trinajstić information content (AvgIpc) is 2.31. The van der Waals surface area contributed by atoms with Crippen molar-refractivity contribution in [3.05, 3.63) is 0 Å². The van der Waals surface area contributed by atoms with E-state index < -0.39 is 0 Å². The molecule has 1 amide bonds. The van der Waals surface area contributed by atoms with E-state index >= 15 is 0 Å². The van der Waals surface area contributed by atoms with Gasteiger partial charge in [0.1, 0.15) is 0 Å². The van der Waals surface area contributed by atoms with Crippen LogP contribution in [-0.2, 0) is 4.79 Å². The van der Waals surface area contributed by atoms with E-state index in [-0.39, 0.29) is 17.4 Å². The molecule has 0 radical (unpaired) electrons. The highest BCUT2D eigenvalue weighted by atomic mass is 16.2. The first-order chi connectivity index (χ1) is 8.49. The van der Waals surface area contributed by atoms with Crippen LogP contribution in [0.25, 0.3) is 0 Å². The lowest BCUT2D eigenvalue weighted by molar-refractivity contribution is -0.125. The Kier molecular flexibility index (Phi) is 4.31. The topological polar surface area (TPSA) is 41.1 Å². The molecular formula is C15H28N2O. The molecule has 3 heteroatoms. The lowest BCUT2D eigenvalue weighted by Gasteiger charge is -2.40. The van der Waals surface area contributed by atoms with Crippen LogP contribution in [0.2, 0.25) is 0 Å². The van der Waals surface area contributed by atoms with Gasteiger partial charge in [-0.3, -0.25) is 4.79 Å². The van der Waals surface area contributed by atoms with Crippen molar-refractivity contribution in [3.63, 3.8) is 0 Å². The molecule has 3 atom stereocenters. The Morgan fingerprint density at radius 1 is 1.17 bits per heavy atom. The molecular weight excluding hydrogens is 224 g/mol. The van der Waals surface area contributed by atoms with Crippen molar-refractivity contribution in [1.29, 1.82) is 0 Å². The molecule has 18 heavy (non-hydrogen) atoms. The standard InChI is InChI=1S/C15H28N2O/c1-11-7-6-8-12(16-11)14(18)17-13-9-4-5-10-15(13,2)3/h11-13,16H,4-10H2,1-3H3,(H,17,18). The summed E-state index contributed by atoms with van der Waals surface area (Å²) in [6, 6.07) is 0.873. The predicted molar refractivity (Wildman–Crippen MR) is 74.4 cm³/mol. The number of hydrogen-bond acceptors (Lipinski definition) is 2. The zero-order valence-electron chi connectivity index (χ0n) is 12.1. The highest BCUT2D eigenvalue weighted by Crippen LogP contribution is 2.35. The maximum Gasteiger partial charge on any atom is 0.237 e. The fourth-order valence-electron chi connectivity index (χ4n) is 3.38. The van der Waals surface area contributed by atoms with Gasteiger partial charge in [-0.2, -0.15) is 0 Å². The number of carbonyl (C=O) groups excluding carboxylic acids is 1. The third-order valence-electron chi connectivity index (χ3n) is 4.76. The highest BCUT2D eigenvalue weighted by Gasteiger charge is 2.35. The molecule has 1 aliphatic carbocycles. The molecule has 3 unspecified atom stereocenters. The van der Waals surface area contributed by atoms with Crippen molar-refractivity contribution in [2.75, 3.05) is 0 Å². The summed E-state index contributed by atoms with van der Waals surface area (Å²) in [4.78, 5) is 12.3.